The predicted molar refractivity (Wildman–Crippen MR) is 76.3 cm³/mol. The summed E-state index contributed by atoms with van der Waals surface area (Å²) in [5.41, 5.74) is 1.96. The van der Waals surface area contributed by atoms with E-state index in [1.54, 1.807) is 0 Å². The van der Waals surface area contributed by atoms with Gasteiger partial charge in [0.1, 0.15) is 6.04 Å². The Labute approximate surface area is 119 Å². The smallest absolute Gasteiger partial charge is 0.327 e. The van der Waals surface area contributed by atoms with E-state index in [0.717, 1.165) is 17.7 Å². The summed E-state index contributed by atoms with van der Waals surface area (Å²) in [6, 6.07) is 5.20. The molecule has 1 aromatic rings. The molecule has 1 fully saturated rings. The highest BCUT2D eigenvalue weighted by molar-refractivity contribution is 6.30. The van der Waals surface area contributed by atoms with Gasteiger partial charge < -0.3 is 10.1 Å². The lowest BCUT2D eigenvalue weighted by Crippen LogP contribution is -2.32. The Morgan fingerprint density at radius 3 is 2.84 bits per heavy atom. The Morgan fingerprint density at radius 1 is 1.53 bits per heavy atom. The number of benzene rings is 1. The summed E-state index contributed by atoms with van der Waals surface area (Å²) in [5.74, 6) is 0.498. The van der Waals surface area contributed by atoms with Gasteiger partial charge in [-0.25, -0.2) is 4.79 Å². The van der Waals surface area contributed by atoms with Crippen LogP contribution in [0.15, 0.2) is 18.2 Å². The Balaban J connectivity index is 2.15. The number of carbonyl (C=O) groups is 1. The SMILES string of the molecule is CCOC(=O)C(NCC1CC1)c1ccc(Cl)cc1C. The van der Waals surface area contributed by atoms with Crippen molar-refractivity contribution in [2.75, 3.05) is 13.2 Å². The van der Waals surface area contributed by atoms with E-state index in [1.807, 2.05) is 32.0 Å². The predicted octanol–water partition coefficient (Wildman–Crippen LogP) is 3.25. The van der Waals surface area contributed by atoms with Crippen LogP contribution in [0.2, 0.25) is 5.02 Å². The Bertz CT molecular complexity index is 457. The van der Waals surface area contributed by atoms with Crippen molar-refractivity contribution in [1.29, 1.82) is 0 Å². The third-order valence-corrected chi connectivity index (χ3v) is 3.61. The molecule has 2 rings (SSSR count). The molecule has 1 unspecified atom stereocenters. The van der Waals surface area contributed by atoms with Crippen molar-refractivity contribution in [3.63, 3.8) is 0 Å². The van der Waals surface area contributed by atoms with Gasteiger partial charge in [0.05, 0.1) is 6.61 Å². The maximum Gasteiger partial charge on any atom is 0.327 e. The van der Waals surface area contributed by atoms with Gasteiger partial charge in [0, 0.05) is 5.02 Å². The molecule has 1 aliphatic rings. The van der Waals surface area contributed by atoms with Crippen molar-refractivity contribution in [3.05, 3.63) is 34.3 Å². The highest BCUT2D eigenvalue weighted by Crippen LogP contribution is 2.29. The first kappa shape index (κ1) is 14.4. The summed E-state index contributed by atoms with van der Waals surface area (Å²) >= 11 is 5.96. The second-order valence-corrected chi connectivity index (χ2v) is 5.47. The average Bonchev–Trinajstić information content (AvgIpc) is 3.16. The maximum atomic E-state index is 12.1. The molecule has 4 heteroatoms. The lowest BCUT2D eigenvalue weighted by Gasteiger charge is -2.19. The van der Waals surface area contributed by atoms with Crippen LogP contribution in [0, 0.1) is 12.8 Å². The molecule has 1 aromatic carbocycles. The number of hydrogen-bond donors (Lipinski definition) is 1. The summed E-state index contributed by atoms with van der Waals surface area (Å²) in [6.45, 7) is 5.05. The minimum atomic E-state index is -0.391. The molecule has 0 spiro atoms. The molecule has 0 bridgehead atoms. The van der Waals surface area contributed by atoms with Gasteiger partial charge in [-0.3, -0.25) is 0 Å². The molecule has 3 nitrogen and oxygen atoms in total. The number of nitrogens with one attached hydrogen (secondary N) is 1. The molecule has 0 saturated heterocycles. The highest BCUT2D eigenvalue weighted by atomic mass is 35.5. The van der Waals surface area contributed by atoms with Crippen molar-refractivity contribution < 1.29 is 9.53 Å². The molecule has 0 heterocycles. The fourth-order valence-corrected chi connectivity index (χ4v) is 2.34. The number of aryl methyl sites for hydroxylation is 1. The zero-order valence-corrected chi connectivity index (χ0v) is 12.2. The van der Waals surface area contributed by atoms with E-state index in [4.69, 9.17) is 16.3 Å². The molecule has 0 radical (unpaired) electrons. The molecule has 104 valence electrons. The second kappa shape index (κ2) is 6.40. The van der Waals surface area contributed by atoms with E-state index in [0.29, 0.717) is 17.5 Å². The minimum absolute atomic E-state index is 0.214. The lowest BCUT2D eigenvalue weighted by molar-refractivity contribution is -0.145. The Hall–Kier alpha value is -1.06. The van der Waals surface area contributed by atoms with E-state index >= 15 is 0 Å². The fourth-order valence-electron chi connectivity index (χ4n) is 2.12. The molecule has 19 heavy (non-hydrogen) atoms. The Kier molecular flexibility index (Phi) is 4.83. The van der Waals surface area contributed by atoms with Crippen LogP contribution in [-0.4, -0.2) is 19.1 Å². The average molecular weight is 282 g/mol. The van der Waals surface area contributed by atoms with E-state index < -0.39 is 6.04 Å². The zero-order chi connectivity index (χ0) is 13.8. The van der Waals surface area contributed by atoms with Crippen LogP contribution in [0.4, 0.5) is 0 Å². The summed E-state index contributed by atoms with van der Waals surface area (Å²) in [7, 11) is 0. The van der Waals surface area contributed by atoms with Gasteiger partial charge in [-0.15, -0.1) is 0 Å². The topological polar surface area (TPSA) is 38.3 Å². The first-order valence-electron chi connectivity index (χ1n) is 6.78. The number of esters is 1. The molecular weight excluding hydrogens is 262 g/mol. The van der Waals surface area contributed by atoms with Crippen LogP contribution in [0.5, 0.6) is 0 Å². The fraction of sp³-hybridized carbons (Fsp3) is 0.533. The van der Waals surface area contributed by atoms with E-state index in [1.165, 1.54) is 12.8 Å². The molecule has 1 saturated carbocycles. The maximum absolute atomic E-state index is 12.1. The van der Waals surface area contributed by atoms with Gasteiger partial charge >= 0.3 is 5.97 Å². The number of hydrogen-bond acceptors (Lipinski definition) is 3. The highest BCUT2D eigenvalue weighted by Gasteiger charge is 2.27. The van der Waals surface area contributed by atoms with Gasteiger partial charge in [0.15, 0.2) is 0 Å². The standard InChI is InChI=1S/C15H20ClNO2/c1-3-19-15(18)14(17-9-11-4-5-11)13-7-6-12(16)8-10(13)2/h6-8,11,14,17H,3-5,9H2,1-2H3. The normalized spacial score (nSPS) is 16.2. The second-order valence-electron chi connectivity index (χ2n) is 5.04. The molecule has 1 atom stereocenters. The van der Waals surface area contributed by atoms with Gasteiger partial charge in [-0.05, 0) is 62.4 Å². The van der Waals surface area contributed by atoms with Crippen LogP contribution >= 0.6 is 11.6 Å². The van der Waals surface area contributed by atoms with Crippen LogP contribution in [0.3, 0.4) is 0 Å². The number of carbonyl (C=O) groups excluding carboxylic acids is 1. The van der Waals surface area contributed by atoms with Crippen LogP contribution in [0.25, 0.3) is 0 Å². The Morgan fingerprint density at radius 2 is 2.26 bits per heavy atom. The van der Waals surface area contributed by atoms with Crippen molar-refractivity contribution in [2.45, 2.75) is 32.7 Å². The summed E-state index contributed by atoms with van der Waals surface area (Å²) < 4.78 is 5.16. The van der Waals surface area contributed by atoms with Gasteiger partial charge in [-0.2, -0.15) is 0 Å². The number of ether oxygens (including phenoxy) is 1. The summed E-state index contributed by atoms with van der Waals surface area (Å²) in [4.78, 5) is 12.1. The van der Waals surface area contributed by atoms with Gasteiger partial charge in [-0.1, -0.05) is 17.7 Å². The third kappa shape index (κ3) is 3.95. The van der Waals surface area contributed by atoms with E-state index in [2.05, 4.69) is 5.32 Å². The van der Waals surface area contributed by atoms with Crippen LogP contribution < -0.4 is 5.32 Å². The van der Waals surface area contributed by atoms with Crippen molar-refractivity contribution in [3.8, 4) is 0 Å². The minimum Gasteiger partial charge on any atom is -0.465 e. The molecule has 0 aromatic heterocycles. The number of rotatable bonds is 6. The van der Waals surface area contributed by atoms with E-state index in [9.17, 15) is 4.79 Å². The van der Waals surface area contributed by atoms with Crippen LogP contribution in [-0.2, 0) is 9.53 Å². The largest absolute Gasteiger partial charge is 0.465 e. The van der Waals surface area contributed by atoms with Crippen molar-refractivity contribution in [1.82, 2.24) is 5.32 Å². The molecule has 0 amide bonds. The summed E-state index contributed by atoms with van der Waals surface area (Å²) in [5, 5.41) is 4.01. The molecular formula is C15H20ClNO2. The summed E-state index contributed by atoms with van der Waals surface area (Å²) in [6.07, 6.45) is 2.50. The van der Waals surface area contributed by atoms with Gasteiger partial charge in [0.25, 0.3) is 0 Å². The third-order valence-electron chi connectivity index (χ3n) is 3.37. The molecule has 0 aliphatic heterocycles. The molecule has 1 aliphatic carbocycles. The zero-order valence-electron chi connectivity index (χ0n) is 11.4. The van der Waals surface area contributed by atoms with Crippen molar-refractivity contribution >= 4 is 17.6 Å². The first-order chi connectivity index (χ1) is 9.11. The lowest BCUT2D eigenvalue weighted by atomic mass is 10.0. The van der Waals surface area contributed by atoms with Crippen LogP contribution in [0.1, 0.15) is 36.9 Å². The number of halogens is 1. The van der Waals surface area contributed by atoms with E-state index in [-0.39, 0.29) is 5.97 Å². The molecule has 1 N–H and O–H groups in total. The monoisotopic (exact) mass is 281 g/mol. The van der Waals surface area contributed by atoms with Crippen molar-refractivity contribution in [2.24, 2.45) is 5.92 Å². The first-order valence-corrected chi connectivity index (χ1v) is 7.15. The van der Waals surface area contributed by atoms with Gasteiger partial charge in [0.2, 0.25) is 0 Å². The quantitative estimate of drug-likeness (QED) is 0.814.